The summed E-state index contributed by atoms with van der Waals surface area (Å²) in [5.41, 5.74) is 2.56. The first-order valence-electron chi connectivity index (χ1n) is 9.25. The van der Waals surface area contributed by atoms with E-state index >= 15 is 0 Å². The first-order valence-corrected chi connectivity index (χ1v) is 10.1. The summed E-state index contributed by atoms with van der Waals surface area (Å²) in [5.74, 6) is -1.73. The number of likely N-dealkylation sites (N-methyl/N-ethyl adjacent to an activating group) is 1. The lowest BCUT2D eigenvalue weighted by Gasteiger charge is -2.22. The number of rotatable bonds is 9. The van der Waals surface area contributed by atoms with Crippen LogP contribution in [0.1, 0.15) is 32.3 Å². The minimum atomic E-state index is -0.748. The highest BCUT2D eigenvalue weighted by Gasteiger charge is 2.28. The number of hydrogen-bond donors (Lipinski definition) is 4. The Morgan fingerprint density at radius 1 is 1.14 bits per heavy atom. The molecule has 2 atom stereocenters. The van der Waals surface area contributed by atoms with Crippen LogP contribution in [0.2, 0.25) is 0 Å². The van der Waals surface area contributed by atoms with Gasteiger partial charge in [-0.05, 0) is 34.7 Å². The lowest BCUT2D eigenvalue weighted by Crippen LogP contribution is -2.49. The Morgan fingerprint density at radius 2 is 1.86 bits per heavy atom. The Bertz CT molecular complexity index is 834. The predicted octanol–water partition coefficient (Wildman–Crippen LogP) is 2.23. The first kappa shape index (κ1) is 21.8. The third-order valence-electron chi connectivity index (χ3n) is 4.55. The summed E-state index contributed by atoms with van der Waals surface area (Å²) in [4.78, 5) is 36.8. The zero-order valence-electron chi connectivity index (χ0n) is 16.3. The van der Waals surface area contributed by atoms with E-state index in [1.165, 1.54) is 7.05 Å². The van der Waals surface area contributed by atoms with Crippen LogP contribution in [0.25, 0.3) is 10.1 Å². The summed E-state index contributed by atoms with van der Waals surface area (Å²) in [6, 6.07) is 7.17. The van der Waals surface area contributed by atoms with Crippen LogP contribution in [-0.4, -0.2) is 36.0 Å². The minimum Gasteiger partial charge on any atom is -0.357 e. The zero-order valence-corrected chi connectivity index (χ0v) is 17.1. The topological polar surface area (TPSA) is 108 Å². The van der Waals surface area contributed by atoms with Crippen LogP contribution in [0.15, 0.2) is 29.6 Å². The van der Waals surface area contributed by atoms with Crippen molar-refractivity contribution in [2.75, 3.05) is 7.05 Å². The number of nitrogens with one attached hydrogen (secondary N) is 3. The molecule has 1 aromatic heterocycles. The number of benzene rings is 1. The van der Waals surface area contributed by atoms with Crippen LogP contribution in [-0.2, 0) is 20.8 Å². The van der Waals surface area contributed by atoms with Gasteiger partial charge in [-0.15, -0.1) is 11.3 Å². The Balaban J connectivity index is 2.18. The van der Waals surface area contributed by atoms with Gasteiger partial charge in [0.2, 0.25) is 17.7 Å². The molecule has 28 heavy (non-hydrogen) atoms. The number of amides is 3. The fourth-order valence-corrected chi connectivity index (χ4v) is 4.18. The molecule has 0 radical (unpaired) electrons. The van der Waals surface area contributed by atoms with Crippen LogP contribution in [0.5, 0.6) is 0 Å². The largest absolute Gasteiger partial charge is 0.357 e. The molecule has 2 aromatic rings. The summed E-state index contributed by atoms with van der Waals surface area (Å²) in [6.07, 6.45) is 0.694. The van der Waals surface area contributed by atoms with Crippen LogP contribution >= 0.6 is 11.3 Å². The van der Waals surface area contributed by atoms with E-state index in [-0.39, 0.29) is 24.2 Å². The van der Waals surface area contributed by atoms with Crippen LogP contribution < -0.4 is 16.1 Å². The standard InChI is InChI=1S/C20H27N3O4S/c1-12(2)8-13(10-18(24)23-27)19(25)22-16(20(26)21-3)9-14-11-28-17-7-5-4-6-15(14)17/h4-7,11-13,16,27H,8-10H2,1-3H3,(H,21,26)(H,22,25)(H,23,24). The number of fused-ring (bicyclic) bond motifs is 1. The van der Waals surface area contributed by atoms with Gasteiger partial charge in [-0.3, -0.25) is 19.6 Å². The van der Waals surface area contributed by atoms with Crippen molar-refractivity contribution in [2.45, 2.75) is 39.2 Å². The molecule has 1 aromatic carbocycles. The monoisotopic (exact) mass is 405 g/mol. The van der Waals surface area contributed by atoms with Crippen molar-refractivity contribution in [3.8, 4) is 0 Å². The molecule has 3 amide bonds. The molecule has 0 aliphatic rings. The Kier molecular flexibility index (Phi) is 7.95. The lowest BCUT2D eigenvalue weighted by molar-refractivity contribution is -0.136. The van der Waals surface area contributed by atoms with E-state index in [9.17, 15) is 14.4 Å². The van der Waals surface area contributed by atoms with E-state index in [1.807, 2.05) is 43.5 Å². The molecule has 8 heteroatoms. The van der Waals surface area contributed by atoms with Crippen molar-refractivity contribution in [2.24, 2.45) is 11.8 Å². The van der Waals surface area contributed by atoms with Crippen molar-refractivity contribution in [3.63, 3.8) is 0 Å². The Morgan fingerprint density at radius 3 is 2.50 bits per heavy atom. The third kappa shape index (κ3) is 5.77. The summed E-state index contributed by atoms with van der Waals surface area (Å²) in [7, 11) is 1.53. The smallest absolute Gasteiger partial charge is 0.244 e. The van der Waals surface area contributed by atoms with E-state index in [0.717, 1.165) is 15.6 Å². The predicted molar refractivity (Wildman–Crippen MR) is 109 cm³/mol. The highest BCUT2D eigenvalue weighted by molar-refractivity contribution is 7.17. The van der Waals surface area contributed by atoms with E-state index < -0.39 is 17.9 Å². The number of hydroxylamine groups is 1. The molecule has 2 rings (SSSR count). The average molecular weight is 406 g/mol. The molecule has 0 saturated heterocycles. The van der Waals surface area contributed by atoms with Gasteiger partial charge in [-0.1, -0.05) is 32.0 Å². The van der Waals surface area contributed by atoms with Crippen LogP contribution in [0, 0.1) is 11.8 Å². The summed E-state index contributed by atoms with van der Waals surface area (Å²) in [5, 5.41) is 17.2. The third-order valence-corrected chi connectivity index (χ3v) is 5.56. The number of hydrogen-bond acceptors (Lipinski definition) is 5. The maximum absolute atomic E-state index is 12.8. The van der Waals surface area contributed by atoms with Gasteiger partial charge in [0, 0.05) is 30.5 Å². The van der Waals surface area contributed by atoms with Crippen LogP contribution in [0.4, 0.5) is 0 Å². The molecular formula is C20H27N3O4S. The van der Waals surface area contributed by atoms with E-state index in [4.69, 9.17) is 5.21 Å². The van der Waals surface area contributed by atoms with E-state index in [2.05, 4.69) is 10.6 Å². The maximum atomic E-state index is 12.8. The molecular weight excluding hydrogens is 378 g/mol. The Labute approximate surface area is 168 Å². The summed E-state index contributed by atoms with van der Waals surface area (Å²) in [6.45, 7) is 3.90. The molecule has 0 aliphatic carbocycles. The Hall–Kier alpha value is -2.45. The molecule has 0 saturated carbocycles. The molecule has 7 nitrogen and oxygen atoms in total. The number of thiophene rings is 1. The zero-order chi connectivity index (χ0) is 20.7. The SMILES string of the molecule is CNC(=O)C(Cc1csc2ccccc12)NC(=O)C(CC(=O)NO)CC(C)C. The molecule has 152 valence electrons. The van der Waals surface area contributed by atoms with Gasteiger partial charge in [-0.25, -0.2) is 5.48 Å². The highest BCUT2D eigenvalue weighted by Crippen LogP contribution is 2.27. The van der Waals surface area contributed by atoms with Gasteiger partial charge in [0.15, 0.2) is 0 Å². The number of carbonyl (C=O) groups is 3. The highest BCUT2D eigenvalue weighted by atomic mass is 32.1. The van der Waals surface area contributed by atoms with Crippen molar-refractivity contribution in [3.05, 3.63) is 35.2 Å². The van der Waals surface area contributed by atoms with Crippen molar-refractivity contribution < 1.29 is 19.6 Å². The molecule has 0 aliphatic heterocycles. The average Bonchev–Trinajstić information content (AvgIpc) is 3.08. The van der Waals surface area contributed by atoms with Gasteiger partial charge in [0.1, 0.15) is 6.04 Å². The van der Waals surface area contributed by atoms with Gasteiger partial charge in [0.25, 0.3) is 0 Å². The normalized spacial score (nSPS) is 13.2. The van der Waals surface area contributed by atoms with Gasteiger partial charge >= 0.3 is 0 Å². The summed E-state index contributed by atoms with van der Waals surface area (Å²) >= 11 is 1.60. The van der Waals surface area contributed by atoms with E-state index in [0.29, 0.717) is 12.8 Å². The second-order valence-electron chi connectivity index (χ2n) is 7.20. The molecule has 0 fully saturated rings. The summed E-state index contributed by atoms with van der Waals surface area (Å²) < 4.78 is 1.12. The van der Waals surface area contributed by atoms with Crippen molar-refractivity contribution in [1.82, 2.24) is 16.1 Å². The fraction of sp³-hybridized carbons (Fsp3) is 0.450. The van der Waals surface area contributed by atoms with Gasteiger partial charge in [-0.2, -0.15) is 0 Å². The quantitative estimate of drug-likeness (QED) is 0.379. The lowest BCUT2D eigenvalue weighted by atomic mass is 9.92. The van der Waals surface area contributed by atoms with Crippen LogP contribution in [0.3, 0.4) is 0 Å². The molecule has 2 unspecified atom stereocenters. The van der Waals surface area contributed by atoms with Gasteiger partial charge < -0.3 is 10.6 Å². The second kappa shape index (κ2) is 10.2. The molecule has 0 spiro atoms. The fourth-order valence-electron chi connectivity index (χ4n) is 3.21. The molecule has 1 heterocycles. The number of carbonyl (C=O) groups excluding carboxylic acids is 3. The van der Waals surface area contributed by atoms with E-state index in [1.54, 1.807) is 16.8 Å². The molecule has 4 N–H and O–H groups in total. The van der Waals surface area contributed by atoms with Crippen molar-refractivity contribution in [1.29, 1.82) is 0 Å². The first-order chi connectivity index (χ1) is 13.3. The second-order valence-corrected chi connectivity index (χ2v) is 8.11. The maximum Gasteiger partial charge on any atom is 0.244 e. The van der Waals surface area contributed by atoms with Gasteiger partial charge in [0.05, 0.1) is 0 Å². The minimum absolute atomic E-state index is 0.137. The molecule has 0 bridgehead atoms. The van der Waals surface area contributed by atoms with Crippen molar-refractivity contribution >= 4 is 39.1 Å².